The van der Waals surface area contributed by atoms with E-state index in [-0.39, 0.29) is 11.9 Å². The molecule has 1 N–H and O–H groups in total. The van der Waals surface area contributed by atoms with Crippen LogP contribution in [-0.2, 0) is 0 Å². The number of ether oxygens (including phenoxy) is 1. The van der Waals surface area contributed by atoms with Crippen LogP contribution in [0.5, 0.6) is 5.75 Å². The maximum absolute atomic E-state index is 13.6. The van der Waals surface area contributed by atoms with Gasteiger partial charge in [-0.05, 0) is 61.6 Å². The van der Waals surface area contributed by atoms with E-state index in [0.29, 0.717) is 22.3 Å². The van der Waals surface area contributed by atoms with Crippen molar-refractivity contribution in [2.24, 2.45) is 0 Å². The average molecular weight is 349 g/mol. The molecule has 0 aliphatic carbocycles. The van der Waals surface area contributed by atoms with Gasteiger partial charge in [-0.3, -0.25) is 4.90 Å². The highest BCUT2D eigenvalue weighted by atomic mass is 35.5. The van der Waals surface area contributed by atoms with Gasteiger partial charge in [0.1, 0.15) is 11.6 Å². The number of nitrogens with zero attached hydrogens (tertiary/aromatic N) is 1. The first-order chi connectivity index (χ1) is 11.0. The van der Waals surface area contributed by atoms with E-state index in [1.54, 1.807) is 6.07 Å². The van der Waals surface area contributed by atoms with E-state index in [9.17, 15) is 4.39 Å². The fourth-order valence-corrected chi connectivity index (χ4v) is 3.89. The summed E-state index contributed by atoms with van der Waals surface area (Å²) in [5.74, 6) is 0.405. The van der Waals surface area contributed by atoms with E-state index >= 15 is 0 Å². The molecule has 3 nitrogen and oxygen atoms in total. The van der Waals surface area contributed by atoms with Crippen LogP contribution < -0.4 is 15.0 Å². The Morgan fingerprint density at radius 1 is 1.30 bits per heavy atom. The van der Waals surface area contributed by atoms with Crippen molar-refractivity contribution < 1.29 is 9.13 Å². The third-order valence-electron chi connectivity index (χ3n) is 4.32. The molecule has 6 heteroatoms. The van der Waals surface area contributed by atoms with Gasteiger partial charge < -0.3 is 10.1 Å². The van der Waals surface area contributed by atoms with E-state index in [4.69, 9.17) is 28.6 Å². The van der Waals surface area contributed by atoms with Gasteiger partial charge in [-0.1, -0.05) is 11.6 Å². The summed E-state index contributed by atoms with van der Waals surface area (Å²) in [5, 5.41) is 4.52. The molecule has 0 unspecified atom stereocenters. The molecule has 0 amide bonds. The topological polar surface area (TPSA) is 24.5 Å². The molecule has 4 rings (SSSR count). The summed E-state index contributed by atoms with van der Waals surface area (Å²) in [5.41, 5.74) is 1.07. The molecule has 0 aromatic heterocycles. The summed E-state index contributed by atoms with van der Waals surface area (Å²) >= 11 is 11.5. The quantitative estimate of drug-likeness (QED) is 0.771. The van der Waals surface area contributed by atoms with Crippen molar-refractivity contribution in [1.82, 2.24) is 5.32 Å². The summed E-state index contributed by atoms with van der Waals surface area (Å²) in [6.45, 7) is 1.99. The van der Waals surface area contributed by atoms with Gasteiger partial charge in [-0.2, -0.15) is 0 Å². The van der Waals surface area contributed by atoms with Crippen LogP contribution in [0.25, 0.3) is 0 Å². The predicted octanol–water partition coefficient (Wildman–Crippen LogP) is 4.41. The zero-order chi connectivity index (χ0) is 16.2. The zero-order valence-corrected chi connectivity index (χ0v) is 13.9. The molecular weight excluding hydrogens is 335 g/mol. The molecule has 1 fully saturated rings. The van der Waals surface area contributed by atoms with Gasteiger partial charge in [-0.15, -0.1) is 0 Å². The molecule has 2 aliphatic rings. The first kappa shape index (κ1) is 14.7. The van der Waals surface area contributed by atoms with Crippen LogP contribution in [0, 0.1) is 5.82 Å². The number of thiocarbonyl (C=S) groups is 1. The van der Waals surface area contributed by atoms with Crippen molar-refractivity contribution in [3.8, 4) is 5.75 Å². The second-order valence-corrected chi connectivity index (χ2v) is 6.80. The molecule has 0 saturated carbocycles. The Labute approximate surface area is 144 Å². The summed E-state index contributed by atoms with van der Waals surface area (Å²) in [4.78, 5) is 1.95. The smallest absolute Gasteiger partial charge is 0.188 e. The summed E-state index contributed by atoms with van der Waals surface area (Å²) < 4.78 is 19.8. The number of benzene rings is 2. The lowest BCUT2D eigenvalue weighted by Crippen LogP contribution is -2.65. The Morgan fingerprint density at radius 3 is 2.78 bits per heavy atom. The number of anilines is 1. The van der Waals surface area contributed by atoms with Crippen LogP contribution >= 0.6 is 23.8 Å². The molecule has 0 radical (unpaired) electrons. The molecule has 2 aromatic rings. The molecule has 2 atom stereocenters. The van der Waals surface area contributed by atoms with E-state index in [0.717, 1.165) is 11.3 Å². The van der Waals surface area contributed by atoms with E-state index in [1.165, 1.54) is 12.1 Å². The number of nitrogens with one attached hydrogen (secondary N) is 1. The highest BCUT2D eigenvalue weighted by Crippen LogP contribution is 2.45. The van der Waals surface area contributed by atoms with Crippen molar-refractivity contribution in [1.29, 1.82) is 0 Å². The zero-order valence-electron chi connectivity index (χ0n) is 12.3. The van der Waals surface area contributed by atoms with Crippen LogP contribution in [0.3, 0.4) is 0 Å². The van der Waals surface area contributed by atoms with Crippen LogP contribution in [0.2, 0.25) is 5.02 Å². The third-order valence-corrected chi connectivity index (χ3v) is 4.87. The van der Waals surface area contributed by atoms with Gasteiger partial charge in [0.15, 0.2) is 10.8 Å². The SMILES string of the molecule is C[C@]12C[C@H](NC(=S)N1c1ccc(Cl)cc1)c1cc(F)ccc1O2. The Kier molecular flexibility index (Phi) is 3.25. The Morgan fingerprint density at radius 2 is 2.04 bits per heavy atom. The third kappa shape index (κ3) is 2.35. The minimum atomic E-state index is -0.633. The van der Waals surface area contributed by atoms with Gasteiger partial charge >= 0.3 is 0 Å². The highest BCUT2D eigenvalue weighted by molar-refractivity contribution is 7.80. The van der Waals surface area contributed by atoms with Crippen LogP contribution in [0.15, 0.2) is 42.5 Å². The van der Waals surface area contributed by atoms with Crippen molar-refractivity contribution in [2.75, 3.05) is 4.90 Å². The Bertz CT molecular complexity index is 798. The minimum absolute atomic E-state index is 0.0597. The predicted molar refractivity (Wildman–Crippen MR) is 92.5 cm³/mol. The second kappa shape index (κ2) is 5.08. The van der Waals surface area contributed by atoms with Crippen molar-refractivity contribution in [3.63, 3.8) is 0 Å². The molecule has 118 valence electrons. The summed E-state index contributed by atoms with van der Waals surface area (Å²) in [6, 6.07) is 12.0. The molecule has 0 spiro atoms. The maximum Gasteiger partial charge on any atom is 0.188 e. The summed E-state index contributed by atoms with van der Waals surface area (Å²) in [6.07, 6.45) is 0.659. The Balaban J connectivity index is 1.79. The average Bonchev–Trinajstić information content (AvgIpc) is 2.49. The fourth-order valence-electron chi connectivity index (χ4n) is 3.33. The molecule has 2 bridgehead atoms. The number of halogens is 2. The van der Waals surface area contributed by atoms with E-state index < -0.39 is 5.72 Å². The first-order valence-electron chi connectivity index (χ1n) is 7.31. The highest BCUT2D eigenvalue weighted by Gasteiger charge is 2.48. The van der Waals surface area contributed by atoms with Gasteiger partial charge in [0.25, 0.3) is 0 Å². The molecule has 2 aromatic carbocycles. The molecule has 23 heavy (non-hydrogen) atoms. The largest absolute Gasteiger partial charge is 0.467 e. The standard InChI is InChI=1S/C17H14ClFN2OS/c1-17-9-14(13-8-11(19)4-7-15(13)22-17)20-16(23)21(17)12-5-2-10(18)3-6-12/h2-8,14H,9H2,1H3,(H,20,23)/t14-,17-/m0/s1. The van der Waals surface area contributed by atoms with Crippen molar-refractivity contribution in [2.45, 2.75) is 25.1 Å². The summed E-state index contributed by atoms with van der Waals surface area (Å²) in [7, 11) is 0. The lowest BCUT2D eigenvalue weighted by Gasteiger charge is -2.52. The lowest BCUT2D eigenvalue weighted by molar-refractivity contribution is 0.0495. The molecule has 2 aliphatic heterocycles. The second-order valence-electron chi connectivity index (χ2n) is 5.98. The Hall–Kier alpha value is -1.85. The van der Waals surface area contributed by atoms with E-state index in [1.807, 2.05) is 36.1 Å². The van der Waals surface area contributed by atoms with Gasteiger partial charge in [0.05, 0.1) is 6.04 Å². The van der Waals surface area contributed by atoms with Gasteiger partial charge in [0, 0.05) is 22.7 Å². The van der Waals surface area contributed by atoms with Crippen molar-refractivity contribution >= 4 is 34.6 Å². The normalized spacial score (nSPS) is 25.4. The number of hydrogen-bond acceptors (Lipinski definition) is 2. The molecule has 1 saturated heterocycles. The molecular formula is C17H14ClFN2OS. The molecule has 2 heterocycles. The lowest BCUT2D eigenvalue weighted by atomic mass is 9.90. The number of rotatable bonds is 1. The monoisotopic (exact) mass is 348 g/mol. The van der Waals surface area contributed by atoms with Gasteiger partial charge in [0.2, 0.25) is 0 Å². The first-order valence-corrected chi connectivity index (χ1v) is 8.10. The van der Waals surface area contributed by atoms with Gasteiger partial charge in [-0.25, -0.2) is 4.39 Å². The van der Waals surface area contributed by atoms with E-state index in [2.05, 4.69) is 5.32 Å². The number of fused-ring (bicyclic) bond motifs is 4. The maximum atomic E-state index is 13.6. The van der Waals surface area contributed by atoms with Crippen LogP contribution in [0.4, 0.5) is 10.1 Å². The fraction of sp³-hybridized carbons (Fsp3) is 0.235. The minimum Gasteiger partial charge on any atom is -0.467 e. The number of hydrogen-bond donors (Lipinski definition) is 1. The van der Waals surface area contributed by atoms with Crippen LogP contribution in [-0.4, -0.2) is 10.8 Å². The van der Waals surface area contributed by atoms with Crippen LogP contribution in [0.1, 0.15) is 24.9 Å². The van der Waals surface area contributed by atoms with Crippen molar-refractivity contribution in [3.05, 3.63) is 58.9 Å².